The SMILES string of the molecule is CCCCS(=O)(=O)CC(NCCC)c1cccc(OC)c1. The van der Waals surface area contributed by atoms with Gasteiger partial charge in [0.05, 0.1) is 18.6 Å². The fourth-order valence-corrected chi connectivity index (χ4v) is 3.86. The third-order valence-corrected chi connectivity index (χ3v) is 5.12. The van der Waals surface area contributed by atoms with Crippen LogP contribution in [0, 0.1) is 0 Å². The molecule has 4 nitrogen and oxygen atoms in total. The average molecular weight is 313 g/mol. The van der Waals surface area contributed by atoms with Gasteiger partial charge in [-0.05, 0) is 37.1 Å². The number of ether oxygens (including phenoxy) is 1. The van der Waals surface area contributed by atoms with E-state index in [1.807, 2.05) is 31.2 Å². The molecule has 0 saturated carbocycles. The normalized spacial score (nSPS) is 13.1. The molecule has 0 aromatic heterocycles. The molecular weight excluding hydrogens is 286 g/mol. The summed E-state index contributed by atoms with van der Waals surface area (Å²) in [5, 5.41) is 3.33. The summed E-state index contributed by atoms with van der Waals surface area (Å²) in [6.07, 6.45) is 2.59. The average Bonchev–Trinajstić information content (AvgIpc) is 2.49. The van der Waals surface area contributed by atoms with Crippen molar-refractivity contribution < 1.29 is 13.2 Å². The topological polar surface area (TPSA) is 55.4 Å². The van der Waals surface area contributed by atoms with Crippen LogP contribution in [0.15, 0.2) is 24.3 Å². The highest BCUT2D eigenvalue weighted by Crippen LogP contribution is 2.21. The molecule has 0 radical (unpaired) electrons. The standard InChI is InChI=1S/C16H27NO3S/c1-4-6-11-21(18,19)13-16(17-10-5-2)14-8-7-9-15(12-14)20-3/h7-9,12,16-17H,4-6,10-11,13H2,1-3H3. The van der Waals surface area contributed by atoms with Crippen molar-refractivity contribution in [1.82, 2.24) is 5.32 Å². The van der Waals surface area contributed by atoms with Crippen LogP contribution in [0.25, 0.3) is 0 Å². The molecule has 1 aromatic rings. The van der Waals surface area contributed by atoms with Gasteiger partial charge >= 0.3 is 0 Å². The molecule has 0 aliphatic heterocycles. The van der Waals surface area contributed by atoms with E-state index in [-0.39, 0.29) is 17.5 Å². The van der Waals surface area contributed by atoms with E-state index in [4.69, 9.17) is 4.74 Å². The second-order valence-electron chi connectivity index (χ2n) is 5.25. The highest BCUT2D eigenvalue weighted by atomic mass is 32.2. The van der Waals surface area contributed by atoms with E-state index in [0.29, 0.717) is 0 Å². The van der Waals surface area contributed by atoms with Gasteiger partial charge in [0.1, 0.15) is 5.75 Å². The van der Waals surface area contributed by atoms with E-state index in [0.717, 1.165) is 37.1 Å². The van der Waals surface area contributed by atoms with Gasteiger partial charge < -0.3 is 10.1 Å². The number of methoxy groups -OCH3 is 1. The first-order valence-corrected chi connectivity index (χ1v) is 9.42. The Labute approximate surface area is 128 Å². The molecule has 1 rings (SSSR count). The van der Waals surface area contributed by atoms with Gasteiger partial charge in [0.2, 0.25) is 0 Å². The second kappa shape index (κ2) is 9.05. The molecule has 1 unspecified atom stereocenters. The van der Waals surface area contributed by atoms with Crippen molar-refractivity contribution in [3.8, 4) is 5.75 Å². The van der Waals surface area contributed by atoms with Crippen molar-refractivity contribution in [2.45, 2.75) is 39.2 Å². The summed E-state index contributed by atoms with van der Waals surface area (Å²) in [6.45, 7) is 4.87. The van der Waals surface area contributed by atoms with Crippen molar-refractivity contribution in [2.24, 2.45) is 0 Å². The summed E-state index contributed by atoms with van der Waals surface area (Å²) >= 11 is 0. The number of nitrogens with one attached hydrogen (secondary N) is 1. The number of unbranched alkanes of at least 4 members (excludes halogenated alkanes) is 1. The molecule has 0 heterocycles. The first-order valence-electron chi connectivity index (χ1n) is 7.60. The van der Waals surface area contributed by atoms with Gasteiger partial charge in [-0.1, -0.05) is 32.4 Å². The zero-order chi connectivity index (χ0) is 15.7. The molecule has 0 fully saturated rings. The molecule has 5 heteroatoms. The molecule has 120 valence electrons. The lowest BCUT2D eigenvalue weighted by atomic mass is 10.1. The van der Waals surface area contributed by atoms with Crippen molar-refractivity contribution >= 4 is 9.84 Å². The molecule has 1 aromatic carbocycles. The Morgan fingerprint density at radius 1 is 1.24 bits per heavy atom. The van der Waals surface area contributed by atoms with Gasteiger partial charge in [0, 0.05) is 6.04 Å². The maximum Gasteiger partial charge on any atom is 0.152 e. The molecule has 0 aliphatic rings. The third kappa shape index (κ3) is 6.48. The number of rotatable bonds is 10. The van der Waals surface area contributed by atoms with Gasteiger partial charge in [-0.2, -0.15) is 0 Å². The van der Waals surface area contributed by atoms with E-state index in [2.05, 4.69) is 12.2 Å². The first-order chi connectivity index (χ1) is 10.0. The van der Waals surface area contributed by atoms with E-state index in [9.17, 15) is 8.42 Å². The lowest BCUT2D eigenvalue weighted by molar-refractivity contribution is 0.413. The smallest absolute Gasteiger partial charge is 0.152 e. The minimum absolute atomic E-state index is 0.139. The number of benzene rings is 1. The number of sulfone groups is 1. The number of hydrogen-bond acceptors (Lipinski definition) is 4. The predicted molar refractivity (Wildman–Crippen MR) is 87.6 cm³/mol. The lowest BCUT2D eigenvalue weighted by Gasteiger charge is -2.19. The van der Waals surface area contributed by atoms with Crippen LogP contribution in [0.5, 0.6) is 5.75 Å². The minimum atomic E-state index is -3.04. The molecular formula is C16H27NO3S. The zero-order valence-electron chi connectivity index (χ0n) is 13.3. The summed E-state index contributed by atoms with van der Waals surface area (Å²) in [7, 11) is -1.43. The molecule has 1 atom stereocenters. The lowest BCUT2D eigenvalue weighted by Crippen LogP contribution is -2.30. The van der Waals surface area contributed by atoms with Crippen LogP contribution in [-0.2, 0) is 9.84 Å². The monoisotopic (exact) mass is 313 g/mol. The Morgan fingerprint density at radius 2 is 2.00 bits per heavy atom. The summed E-state index contributed by atoms with van der Waals surface area (Å²) in [4.78, 5) is 0. The summed E-state index contributed by atoms with van der Waals surface area (Å²) < 4.78 is 29.7. The Balaban J connectivity index is 2.88. The Hall–Kier alpha value is -1.07. The van der Waals surface area contributed by atoms with E-state index in [1.165, 1.54) is 0 Å². The largest absolute Gasteiger partial charge is 0.497 e. The van der Waals surface area contributed by atoms with Crippen LogP contribution in [0.2, 0.25) is 0 Å². The maximum absolute atomic E-state index is 12.2. The van der Waals surface area contributed by atoms with Gasteiger partial charge in [0.15, 0.2) is 9.84 Å². The molecule has 0 bridgehead atoms. The molecule has 0 spiro atoms. The Bertz CT molecular complexity index is 514. The van der Waals surface area contributed by atoms with Crippen LogP contribution < -0.4 is 10.1 Å². The Kier molecular flexibility index (Phi) is 7.75. The fraction of sp³-hybridized carbons (Fsp3) is 0.625. The first kappa shape index (κ1) is 18.0. The number of hydrogen-bond donors (Lipinski definition) is 1. The van der Waals surface area contributed by atoms with Crippen molar-refractivity contribution in [1.29, 1.82) is 0 Å². The van der Waals surface area contributed by atoms with Gasteiger partial charge in [-0.3, -0.25) is 0 Å². The third-order valence-electron chi connectivity index (χ3n) is 3.37. The van der Waals surface area contributed by atoms with E-state index in [1.54, 1.807) is 7.11 Å². The van der Waals surface area contributed by atoms with E-state index >= 15 is 0 Å². The van der Waals surface area contributed by atoms with Crippen LogP contribution in [0.3, 0.4) is 0 Å². The van der Waals surface area contributed by atoms with Crippen molar-refractivity contribution in [2.75, 3.05) is 25.2 Å². The summed E-state index contributed by atoms with van der Waals surface area (Å²) in [5.74, 6) is 1.15. The molecule has 0 amide bonds. The summed E-state index contributed by atoms with van der Waals surface area (Å²) in [5.41, 5.74) is 0.961. The van der Waals surface area contributed by atoms with Gasteiger partial charge in [-0.25, -0.2) is 8.42 Å². The van der Waals surface area contributed by atoms with Crippen LogP contribution in [0.4, 0.5) is 0 Å². The van der Waals surface area contributed by atoms with Crippen molar-refractivity contribution in [3.05, 3.63) is 29.8 Å². The van der Waals surface area contributed by atoms with Crippen LogP contribution in [0.1, 0.15) is 44.7 Å². The molecule has 0 aliphatic carbocycles. The summed E-state index contributed by atoms with van der Waals surface area (Å²) in [6, 6.07) is 7.44. The molecule has 1 N–H and O–H groups in total. The van der Waals surface area contributed by atoms with Gasteiger partial charge in [0.25, 0.3) is 0 Å². The van der Waals surface area contributed by atoms with Crippen molar-refractivity contribution in [3.63, 3.8) is 0 Å². The predicted octanol–water partition coefficient (Wildman–Crippen LogP) is 2.95. The van der Waals surface area contributed by atoms with Crippen LogP contribution >= 0.6 is 0 Å². The molecule has 0 saturated heterocycles. The van der Waals surface area contributed by atoms with Crippen LogP contribution in [-0.4, -0.2) is 33.6 Å². The minimum Gasteiger partial charge on any atom is -0.497 e. The fourth-order valence-electron chi connectivity index (χ4n) is 2.15. The second-order valence-corrected chi connectivity index (χ2v) is 7.48. The zero-order valence-corrected chi connectivity index (χ0v) is 14.1. The maximum atomic E-state index is 12.2. The Morgan fingerprint density at radius 3 is 2.62 bits per heavy atom. The highest BCUT2D eigenvalue weighted by molar-refractivity contribution is 7.91. The quantitative estimate of drug-likeness (QED) is 0.721. The highest BCUT2D eigenvalue weighted by Gasteiger charge is 2.20. The van der Waals surface area contributed by atoms with E-state index < -0.39 is 9.84 Å². The molecule has 21 heavy (non-hydrogen) atoms. The van der Waals surface area contributed by atoms with Gasteiger partial charge in [-0.15, -0.1) is 0 Å².